The zero-order chi connectivity index (χ0) is 10.6. The average Bonchev–Trinajstić information content (AvgIpc) is 2.16. The Hall–Kier alpha value is -1.35. The lowest BCUT2D eigenvalue weighted by molar-refractivity contribution is -0.114. The zero-order valence-corrected chi connectivity index (χ0v) is 8.58. The van der Waals surface area contributed by atoms with Crippen LogP contribution in [0.3, 0.4) is 0 Å². The van der Waals surface area contributed by atoms with E-state index in [4.69, 9.17) is 5.73 Å². The molecule has 0 spiro atoms. The van der Waals surface area contributed by atoms with E-state index >= 15 is 0 Å². The molecule has 0 aliphatic carbocycles. The highest BCUT2D eigenvalue weighted by atomic mass is 16.1. The van der Waals surface area contributed by atoms with Crippen LogP contribution in [-0.4, -0.2) is 5.91 Å². The molecule has 14 heavy (non-hydrogen) atoms. The highest BCUT2D eigenvalue weighted by Gasteiger charge is 2.08. The monoisotopic (exact) mass is 192 g/mol. The van der Waals surface area contributed by atoms with E-state index in [9.17, 15) is 4.79 Å². The normalized spacial score (nSPS) is 12.2. The molecule has 0 saturated carbocycles. The summed E-state index contributed by atoms with van der Waals surface area (Å²) in [5.74, 6) is -0.0687. The second-order valence-electron chi connectivity index (χ2n) is 3.28. The van der Waals surface area contributed by atoms with E-state index in [1.807, 2.05) is 31.2 Å². The van der Waals surface area contributed by atoms with Crippen LogP contribution in [0.1, 0.15) is 31.9 Å². The highest BCUT2D eigenvalue weighted by molar-refractivity contribution is 5.89. The Morgan fingerprint density at radius 2 is 2.14 bits per heavy atom. The Kier molecular flexibility index (Phi) is 3.65. The molecule has 3 nitrogen and oxygen atoms in total. The van der Waals surface area contributed by atoms with Gasteiger partial charge in [0.1, 0.15) is 0 Å². The Morgan fingerprint density at radius 3 is 2.71 bits per heavy atom. The van der Waals surface area contributed by atoms with E-state index in [2.05, 4.69) is 5.32 Å². The molecule has 1 atom stereocenters. The SMILES string of the molecule is CCC(N)c1ccccc1NC(C)=O. The first-order chi connectivity index (χ1) is 6.65. The van der Waals surface area contributed by atoms with Crippen LogP contribution < -0.4 is 11.1 Å². The number of hydrogen-bond donors (Lipinski definition) is 2. The minimum absolute atomic E-state index is 0.0157. The fraction of sp³-hybridized carbons (Fsp3) is 0.364. The lowest BCUT2D eigenvalue weighted by Crippen LogP contribution is -2.14. The first kappa shape index (κ1) is 10.7. The number of carbonyl (C=O) groups excluding carboxylic acids is 1. The fourth-order valence-electron chi connectivity index (χ4n) is 1.34. The largest absolute Gasteiger partial charge is 0.326 e. The van der Waals surface area contributed by atoms with Crippen molar-refractivity contribution in [3.05, 3.63) is 29.8 Å². The summed E-state index contributed by atoms with van der Waals surface area (Å²) < 4.78 is 0. The van der Waals surface area contributed by atoms with E-state index in [1.165, 1.54) is 6.92 Å². The van der Waals surface area contributed by atoms with Gasteiger partial charge in [0, 0.05) is 18.7 Å². The van der Waals surface area contributed by atoms with Crippen molar-refractivity contribution in [3.63, 3.8) is 0 Å². The molecule has 0 heterocycles. The van der Waals surface area contributed by atoms with Gasteiger partial charge in [-0.05, 0) is 18.1 Å². The molecular formula is C11H16N2O. The average molecular weight is 192 g/mol. The molecule has 76 valence electrons. The number of benzene rings is 1. The summed E-state index contributed by atoms with van der Waals surface area (Å²) in [5.41, 5.74) is 7.72. The molecule has 1 unspecified atom stereocenters. The van der Waals surface area contributed by atoms with Gasteiger partial charge in [-0.1, -0.05) is 25.1 Å². The number of nitrogens with two attached hydrogens (primary N) is 1. The van der Waals surface area contributed by atoms with Crippen LogP contribution in [0.2, 0.25) is 0 Å². The molecule has 1 rings (SSSR count). The quantitative estimate of drug-likeness (QED) is 0.770. The van der Waals surface area contributed by atoms with Gasteiger partial charge in [0.25, 0.3) is 0 Å². The van der Waals surface area contributed by atoms with Gasteiger partial charge in [0.15, 0.2) is 0 Å². The lowest BCUT2D eigenvalue weighted by atomic mass is 10.0. The summed E-state index contributed by atoms with van der Waals surface area (Å²) in [4.78, 5) is 10.9. The third kappa shape index (κ3) is 2.57. The number of nitrogens with one attached hydrogen (secondary N) is 1. The van der Waals surface area contributed by atoms with Crippen molar-refractivity contribution in [1.82, 2.24) is 0 Å². The minimum Gasteiger partial charge on any atom is -0.326 e. The molecule has 1 amide bonds. The van der Waals surface area contributed by atoms with Crippen molar-refractivity contribution in [2.24, 2.45) is 5.73 Å². The summed E-state index contributed by atoms with van der Waals surface area (Å²) in [5, 5.41) is 2.77. The van der Waals surface area contributed by atoms with E-state index in [-0.39, 0.29) is 11.9 Å². The predicted molar refractivity (Wildman–Crippen MR) is 58.0 cm³/mol. The number of anilines is 1. The van der Waals surface area contributed by atoms with E-state index < -0.39 is 0 Å². The van der Waals surface area contributed by atoms with Crippen LogP contribution in [-0.2, 0) is 4.79 Å². The van der Waals surface area contributed by atoms with Crippen molar-refractivity contribution in [2.45, 2.75) is 26.3 Å². The number of hydrogen-bond acceptors (Lipinski definition) is 2. The van der Waals surface area contributed by atoms with Gasteiger partial charge in [-0.25, -0.2) is 0 Å². The van der Waals surface area contributed by atoms with Crippen LogP contribution in [0, 0.1) is 0 Å². The van der Waals surface area contributed by atoms with Gasteiger partial charge < -0.3 is 11.1 Å². The molecule has 1 aromatic carbocycles. The van der Waals surface area contributed by atoms with E-state index in [1.54, 1.807) is 0 Å². The molecule has 0 aliphatic rings. The second-order valence-corrected chi connectivity index (χ2v) is 3.28. The molecular weight excluding hydrogens is 176 g/mol. The smallest absolute Gasteiger partial charge is 0.221 e. The molecule has 0 aromatic heterocycles. The number of rotatable bonds is 3. The standard InChI is InChI=1S/C11H16N2O/c1-3-10(12)9-6-4-5-7-11(9)13-8(2)14/h4-7,10H,3,12H2,1-2H3,(H,13,14). The molecule has 0 fully saturated rings. The number of carbonyl (C=O) groups is 1. The van der Waals surface area contributed by atoms with Crippen molar-refractivity contribution < 1.29 is 4.79 Å². The van der Waals surface area contributed by atoms with Crippen LogP contribution in [0.25, 0.3) is 0 Å². The third-order valence-electron chi connectivity index (χ3n) is 2.11. The summed E-state index contributed by atoms with van der Waals surface area (Å²) >= 11 is 0. The fourth-order valence-corrected chi connectivity index (χ4v) is 1.34. The second kappa shape index (κ2) is 4.77. The molecule has 0 bridgehead atoms. The Morgan fingerprint density at radius 1 is 1.50 bits per heavy atom. The number of para-hydroxylation sites is 1. The summed E-state index contributed by atoms with van der Waals surface area (Å²) in [6.45, 7) is 3.52. The van der Waals surface area contributed by atoms with E-state index in [0.717, 1.165) is 17.7 Å². The van der Waals surface area contributed by atoms with Gasteiger partial charge in [0.05, 0.1) is 0 Å². The van der Waals surface area contributed by atoms with Gasteiger partial charge in [-0.3, -0.25) is 4.79 Å². The third-order valence-corrected chi connectivity index (χ3v) is 2.11. The molecule has 0 aliphatic heterocycles. The topological polar surface area (TPSA) is 55.1 Å². The van der Waals surface area contributed by atoms with Gasteiger partial charge in [-0.15, -0.1) is 0 Å². The molecule has 0 radical (unpaired) electrons. The summed E-state index contributed by atoms with van der Waals surface area (Å²) in [6, 6.07) is 7.61. The van der Waals surface area contributed by atoms with Crippen molar-refractivity contribution >= 4 is 11.6 Å². The van der Waals surface area contributed by atoms with Crippen molar-refractivity contribution in [3.8, 4) is 0 Å². The zero-order valence-electron chi connectivity index (χ0n) is 8.58. The maximum atomic E-state index is 10.9. The Balaban J connectivity index is 2.96. The minimum atomic E-state index is -0.0687. The van der Waals surface area contributed by atoms with Gasteiger partial charge >= 0.3 is 0 Å². The molecule has 0 saturated heterocycles. The molecule has 3 heteroatoms. The summed E-state index contributed by atoms with van der Waals surface area (Å²) in [6.07, 6.45) is 0.858. The molecule has 1 aromatic rings. The van der Waals surface area contributed by atoms with Crippen molar-refractivity contribution in [1.29, 1.82) is 0 Å². The maximum Gasteiger partial charge on any atom is 0.221 e. The van der Waals surface area contributed by atoms with Crippen LogP contribution in [0.15, 0.2) is 24.3 Å². The van der Waals surface area contributed by atoms with Crippen molar-refractivity contribution in [2.75, 3.05) is 5.32 Å². The first-order valence-electron chi connectivity index (χ1n) is 4.77. The van der Waals surface area contributed by atoms with Crippen LogP contribution in [0.5, 0.6) is 0 Å². The molecule has 3 N–H and O–H groups in total. The maximum absolute atomic E-state index is 10.9. The highest BCUT2D eigenvalue weighted by Crippen LogP contribution is 2.22. The lowest BCUT2D eigenvalue weighted by Gasteiger charge is -2.14. The van der Waals surface area contributed by atoms with E-state index in [0.29, 0.717) is 0 Å². The predicted octanol–water partition coefficient (Wildman–Crippen LogP) is 2.05. The van der Waals surface area contributed by atoms with Crippen LogP contribution in [0.4, 0.5) is 5.69 Å². The summed E-state index contributed by atoms with van der Waals surface area (Å²) in [7, 11) is 0. The first-order valence-corrected chi connectivity index (χ1v) is 4.77. The van der Waals surface area contributed by atoms with Gasteiger partial charge in [0.2, 0.25) is 5.91 Å². The number of amides is 1. The van der Waals surface area contributed by atoms with Gasteiger partial charge in [-0.2, -0.15) is 0 Å². The Bertz CT molecular complexity index is 323. The van der Waals surface area contributed by atoms with Crippen LogP contribution >= 0.6 is 0 Å². The Labute approximate surface area is 84.3 Å².